The van der Waals surface area contributed by atoms with Crippen molar-refractivity contribution in [2.45, 2.75) is 25.7 Å². The summed E-state index contributed by atoms with van der Waals surface area (Å²) in [5.41, 5.74) is 2.36. The van der Waals surface area contributed by atoms with Crippen molar-refractivity contribution < 1.29 is 5.11 Å². The van der Waals surface area contributed by atoms with Crippen molar-refractivity contribution in [1.82, 2.24) is 0 Å². The lowest BCUT2D eigenvalue weighted by atomic mass is 9.96. The van der Waals surface area contributed by atoms with Gasteiger partial charge in [0.1, 0.15) is 16.8 Å². The first-order valence-corrected chi connectivity index (χ1v) is 8.85. The topological polar surface area (TPSA) is 56.4 Å². The fourth-order valence-corrected chi connectivity index (χ4v) is 4.59. The highest BCUT2D eigenvalue weighted by Gasteiger charge is 2.20. The van der Waals surface area contributed by atoms with E-state index in [-0.39, 0.29) is 10.8 Å². The molecule has 0 fully saturated rings. The molecule has 0 amide bonds. The van der Waals surface area contributed by atoms with Gasteiger partial charge in [-0.2, -0.15) is 5.26 Å². The number of benzene rings is 1. The molecule has 1 aliphatic carbocycles. The summed E-state index contributed by atoms with van der Waals surface area (Å²) in [7, 11) is 0. The summed E-state index contributed by atoms with van der Waals surface area (Å²) in [6.45, 7) is 0. The third-order valence-electron chi connectivity index (χ3n) is 3.64. The summed E-state index contributed by atoms with van der Waals surface area (Å²) >= 11 is 10.9. The van der Waals surface area contributed by atoms with Gasteiger partial charge in [-0.15, -0.1) is 11.3 Å². The summed E-state index contributed by atoms with van der Waals surface area (Å²) in [4.78, 5) is 5.70. The molecule has 0 aliphatic heterocycles. The standard InChI is InChI=1S/C16H12BrClN2OS/c17-10-5-9(15(21)13(18)6-10)8-20-16-12(7-19)11-3-1-2-4-14(11)22-16/h5-6,8,21H,1-4H2/b20-8+. The van der Waals surface area contributed by atoms with Crippen LogP contribution in [0.5, 0.6) is 5.75 Å². The Morgan fingerprint density at radius 3 is 2.91 bits per heavy atom. The van der Waals surface area contributed by atoms with E-state index in [1.54, 1.807) is 29.7 Å². The molecule has 0 saturated heterocycles. The van der Waals surface area contributed by atoms with Gasteiger partial charge >= 0.3 is 0 Å². The summed E-state index contributed by atoms with van der Waals surface area (Å²) < 4.78 is 0.766. The molecule has 2 aromatic rings. The van der Waals surface area contributed by atoms with Crippen molar-refractivity contribution in [2.75, 3.05) is 0 Å². The van der Waals surface area contributed by atoms with E-state index in [1.165, 1.54) is 11.3 Å². The summed E-state index contributed by atoms with van der Waals surface area (Å²) in [5.74, 6) is -0.00607. The summed E-state index contributed by atoms with van der Waals surface area (Å²) in [6.07, 6.45) is 5.84. The number of fused-ring (bicyclic) bond motifs is 1. The third kappa shape index (κ3) is 2.91. The molecule has 1 heterocycles. The van der Waals surface area contributed by atoms with Crippen LogP contribution in [0.15, 0.2) is 21.6 Å². The highest BCUT2D eigenvalue weighted by atomic mass is 79.9. The van der Waals surface area contributed by atoms with Crippen LogP contribution in [0.2, 0.25) is 5.02 Å². The normalized spacial score (nSPS) is 14.0. The van der Waals surface area contributed by atoms with Gasteiger partial charge in [-0.25, -0.2) is 4.99 Å². The Morgan fingerprint density at radius 1 is 1.36 bits per heavy atom. The molecule has 1 aromatic heterocycles. The highest BCUT2D eigenvalue weighted by Crippen LogP contribution is 2.39. The molecule has 0 radical (unpaired) electrons. The van der Waals surface area contributed by atoms with Gasteiger partial charge in [0, 0.05) is 21.1 Å². The van der Waals surface area contributed by atoms with Crippen molar-refractivity contribution in [2.24, 2.45) is 4.99 Å². The first kappa shape index (κ1) is 15.5. The Kier molecular flexibility index (Phi) is 4.53. The SMILES string of the molecule is N#Cc1c(/N=C/c2cc(Br)cc(Cl)c2O)sc2c1CCCC2. The van der Waals surface area contributed by atoms with Crippen molar-refractivity contribution >= 4 is 50.1 Å². The maximum atomic E-state index is 9.98. The molecule has 0 spiro atoms. The molecule has 1 aromatic carbocycles. The lowest BCUT2D eigenvalue weighted by Gasteiger charge is -2.09. The Balaban J connectivity index is 2.00. The molecule has 3 nitrogen and oxygen atoms in total. The summed E-state index contributed by atoms with van der Waals surface area (Å²) in [5, 5.41) is 20.4. The average molecular weight is 396 g/mol. The summed E-state index contributed by atoms with van der Waals surface area (Å²) in [6, 6.07) is 5.64. The lowest BCUT2D eigenvalue weighted by molar-refractivity contribution is 0.474. The average Bonchev–Trinajstić information content (AvgIpc) is 2.86. The van der Waals surface area contributed by atoms with Crippen molar-refractivity contribution in [3.8, 4) is 11.8 Å². The molecule has 3 rings (SSSR count). The number of halogens is 2. The fourth-order valence-electron chi connectivity index (χ4n) is 2.57. The van der Waals surface area contributed by atoms with E-state index in [9.17, 15) is 10.4 Å². The van der Waals surface area contributed by atoms with Crippen LogP contribution >= 0.6 is 38.9 Å². The van der Waals surface area contributed by atoms with E-state index < -0.39 is 0 Å². The van der Waals surface area contributed by atoms with E-state index in [0.717, 1.165) is 29.3 Å². The van der Waals surface area contributed by atoms with Crippen molar-refractivity contribution in [3.63, 3.8) is 0 Å². The van der Waals surface area contributed by atoms with Gasteiger partial charge in [0.05, 0.1) is 10.6 Å². The number of aliphatic imine (C=N–C) groups is 1. The molecule has 22 heavy (non-hydrogen) atoms. The minimum atomic E-state index is -0.00607. The zero-order chi connectivity index (χ0) is 15.7. The second-order valence-corrected chi connectivity index (χ2v) is 7.49. The Hall–Kier alpha value is -1.35. The van der Waals surface area contributed by atoms with Crippen LogP contribution in [0.1, 0.15) is 34.4 Å². The second kappa shape index (κ2) is 6.41. The van der Waals surface area contributed by atoms with E-state index in [1.807, 2.05) is 0 Å². The van der Waals surface area contributed by atoms with Crippen molar-refractivity contribution in [3.05, 3.63) is 43.2 Å². The number of hydrogen-bond donors (Lipinski definition) is 1. The number of rotatable bonds is 2. The number of phenolic OH excluding ortho intramolecular Hbond substituents is 1. The molecule has 6 heteroatoms. The van der Waals surface area contributed by atoms with Gasteiger partial charge in [-0.3, -0.25) is 0 Å². The Labute approximate surface area is 146 Å². The molecule has 1 aliphatic rings. The second-order valence-electron chi connectivity index (χ2n) is 5.09. The number of aryl methyl sites for hydroxylation is 1. The first-order chi connectivity index (χ1) is 10.6. The molecule has 0 saturated carbocycles. The maximum absolute atomic E-state index is 9.98. The van der Waals surface area contributed by atoms with Gasteiger partial charge in [0.15, 0.2) is 0 Å². The van der Waals surface area contributed by atoms with Crippen LogP contribution in [-0.2, 0) is 12.8 Å². The minimum Gasteiger partial charge on any atom is -0.506 e. The minimum absolute atomic E-state index is 0.00607. The van der Waals surface area contributed by atoms with Gasteiger partial charge in [0.25, 0.3) is 0 Å². The van der Waals surface area contributed by atoms with Crippen LogP contribution in [0, 0.1) is 11.3 Å². The first-order valence-electron chi connectivity index (χ1n) is 6.87. The molecular formula is C16H12BrClN2OS. The van der Waals surface area contributed by atoms with E-state index >= 15 is 0 Å². The van der Waals surface area contributed by atoms with Crippen LogP contribution in [-0.4, -0.2) is 11.3 Å². The third-order valence-corrected chi connectivity index (χ3v) is 5.59. The fraction of sp³-hybridized carbons (Fsp3) is 0.250. The smallest absolute Gasteiger partial charge is 0.143 e. The number of hydrogen-bond acceptors (Lipinski definition) is 4. The molecule has 112 valence electrons. The van der Waals surface area contributed by atoms with E-state index in [4.69, 9.17) is 11.6 Å². The monoisotopic (exact) mass is 394 g/mol. The van der Waals surface area contributed by atoms with Crippen LogP contribution in [0.3, 0.4) is 0 Å². The Morgan fingerprint density at radius 2 is 2.14 bits per heavy atom. The van der Waals surface area contributed by atoms with Crippen LogP contribution < -0.4 is 0 Å². The molecule has 1 N–H and O–H groups in total. The number of nitrogens with zero attached hydrogens (tertiary/aromatic N) is 2. The molecule has 0 bridgehead atoms. The van der Waals surface area contributed by atoms with E-state index in [0.29, 0.717) is 16.1 Å². The molecule has 0 atom stereocenters. The lowest BCUT2D eigenvalue weighted by Crippen LogP contribution is -1.99. The number of nitriles is 1. The van der Waals surface area contributed by atoms with Crippen LogP contribution in [0.25, 0.3) is 0 Å². The van der Waals surface area contributed by atoms with Gasteiger partial charge in [-0.05, 0) is 43.4 Å². The Bertz CT molecular complexity index is 807. The number of phenols is 1. The van der Waals surface area contributed by atoms with Crippen molar-refractivity contribution in [1.29, 1.82) is 5.26 Å². The quantitative estimate of drug-likeness (QED) is 0.695. The van der Waals surface area contributed by atoms with Gasteiger partial charge in [0.2, 0.25) is 0 Å². The molecular weight excluding hydrogens is 384 g/mol. The van der Waals surface area contributed by atoms with Gasteiger partial charge in [-0.1, -0.05) is 27.5 Å². The number of aromatic hydroxyl groups is 1. The van der Waals surface area contributed by atoms with E-state index in [2.05, 4.69) is 27.0 Å². The van der Waals surface area contributed by atoms with Gasteiger partial charge < -0.3 is 5.11 Å². The molecule has 0 unspecified atom stereocenters. The number of thiophene rings is 1. The zero-order valence-electron chi connectivity index (χ0n) is 11.6. The highest BCUT2D eigenvalue weighted by molar-refractivity contribution is 9.10. The predicted octanol–water partition coefficient (Wildman–Crippen LogP) is 5.37. The zero-order valence-corrected chi connectivity index (χ0v) is 14.7. The predicted molar refractivity (Wildman–Crippen MR) is 93.7 cm³/mol. The van der Waals surface area contributed by atoms with Crippen LogP contribution in [0.4, 0.5) is 5.00 Å². The largest absolute Gasteiger partial charge is 0.506 e. The maximum Gasteiger partial charge on any atom is 0.143 e.